The second kappa shape index (κ2) is 8.70. The minimum absolute atomic E-state index is 0.135. The number of nitrogens with one attached hydrogen (secondary N) is 1. The summed E-state index contributed by atoms with van der Waals surface area (Å²) in [4.78, 5) is 38.3. The number of urea groups is 1. The smallest absolute Gasteiger partial charge is 0.335 e. The van der Waals surface area contributed by atoms with Crippen LogP contribution in [0.2, 0.25) is 0 Å². The zero-order chi connectivity index (χ0) is 20.3. The van der Waals surface area contributed by atoms with Gasteiger partial charge in [-0.15, -0.1) is 0 Å². The molecule has 0 saturated carbocycles. The van der Waals surface area contributed by atoms with E-state index in [9.17, 15) is 14.4 Å². The third-order valence-corrected chi connectivity index (χ3v) is 5.08. The van der Waals surface area contributed by atoms with Crippen molar-refractivity contribution in [2.24, 2.45) is 0 Å². The predicted octanol–water partition coefficient (Wildman–Crippen LogP) is 4.67. The van der Waals surface area contributed by atoms with Gasteiger partial charge in [-0.3, -0.25) is 14.9 Å². The lowest BCUT2D eigenvalue weighted by Crippen LogP contribution is -2.54. The van der Waals surface area contributed by atoms with Crippen LogP contribution in [0.25, 0.3) is 6.08 Å². The van der Waals surface area contributed by atoms with Crippen LogP contribution in [0, 0.1) is 0 Å². The zero-order valence-corrected chi connectivity index (χ0v) is 18.0. The van der Waals surface area contributed by atoms with E-state index < -0.39 is 17.8 Å². The number of hydrogen-bond donors (Lipinski definition) is 1. The molecule has 6 nitrogen and oxygen atoms in total. The number of benzene rings is 2. The van der Waals surface area contributed by atoms with Crippen molar-refractivity contribution in [3.8, 4) is 5.75 Å². The van der Waals surface area contributed by atoms with Gasteiger partial charge in [0.15, 0.2) is 0 Å². The first-order chi connectivity index (χ1) is 13.4. The van der Waals surface area contributed by atoms with Gasteiger partial charge in [0, 0.05) is 0 Å². The highest BCUT2D eigenvalue weighted by molar-refractivity contribution is 9.11. The normalized spacial score (nSPS) is 15.8. The molecule has 0 unspecified atom stereocenters. The average Bonchev–Trinajstić information content (AvgIpc) is 2.65. The maximum absolute atomic E-state index is 12.9. The molecule has 0 bridgehead atoms. The van der Waals surface area contributed by atoms with Crippen LogP contribution in [0.4, 0.5) is 10.5 Å². The van der Waals surface area contributed by atoms with Gasteiger partial charge >= 0.3 is 6.03 Å². The molecule has 1 aliphatic rings. The summed E-state index contributed by atoms with van der Waals surface area (Å²) in [5, 5.41) is 2.21. The van der Waals surface area contributed by atoms with Crippen LogP contribution in [0.15, 0.2) is 57.0 Å². The lowest BCUT2D eigenvalue weighted by molar-refractivity contribution is -0.122. The number of carbonyl (C=O) groups is 3. The number of imide groups is 2. The van der Waals surface area contributed by atoms with Crippen molar-refractivity contribution in [1.29, 1.82) is 0 Å². The summed E-state index contributed by atoms with van der Waals surface area (Å²) < 4.78 is 7.04. The SMILES string of the molecule is CCCOc1c(Br)cc(/C=C2\C(=O)NC(=O)N(c3ccccc3)C2=O)cc1Br. The number of nitrogens with zero attached hydrogens (tertiary/aromatic N) is 1. The summed E-state index contributed by atoms with van der Waals surface area (Å²) in [6.07, 6.45) is 2.31. The molecule has 2 aromatic rings. The standard InChI is InChI=1S/C20H16Br2N2O4/c1-2-8-28-17-15(21)10-12(11-16(17)22)9-14-18(25)23-20(27)24(19(14)26)13-6-4-3-5-7-13/h3-7,9-11H,2,8H2,1H3,(H,23,25,27)/b14-9+. The van der Waals surface area contributed by atoms with E-state index in [1.807, 2.05) is 6.92 Å². The quantitative estimate of drug-likeness (QED) is 0.471. The van der Waals surface area contributed by atoms with Crippen LogP contribution >= 0.6 is 31.9 Å². The Morgan fingerprint density at radius 2 is 1.71 bits per heavy atom. The maximum atomic E-state index is 12.9. The first kappa shape index (κ1) is 20.3. The molecule has 1 N–H and O–H groups in total. The number of hydrogen-bond acceptors (Lipinski definition) is 4. The second-order valence-electron chi connectivity index (χ2n) is 5.96. The zero-order valence-electron chi connectivity index (χ0n) is 14.9. The number of carbonyl (C=O) groups excluding carboxylic acids is 3. The second-order valence-corrected chi connectivity index (χ2v) is 7.66. The third-order valence-electron chi connectivity index (χ3n) is 3.90. The molecule has 2 aromatic carbocycles. The van der Waals surface area contributed by atoms with E-state index in [0.717, 1.165) is 11.3 Å². The molecule has 1 saturated heterocycles. The Kier molecular flexibility index (Phi) is 6.31. The fraction of sp³-hybridized carbons (Fsp3) is 0.150. The third kappa shape index (κ3) is 4.18. The molecule has 1 heterocycles. The van der Waals surface area contributed by atoms with Crippen molar-refractivity contribution in [3.05, 3.63) is 62.5 Å². The van der Waals surface area contributed by atoms with Gasteiger partial charge in [0.05, 0.1) is 21.2 Å². The molecule has 28 heavy (non-hydrogen) atoms. The van der Waals surface area contributed by atoms with E-state index in [2.05, 4.69) is 37.2 Å². The number of amides is 4. The van der Waals surface area contributed by atoms with Gasteiger partial charge in [0.2, 0.25) is 0 Å². The summed E-state index contributed by atoms with van der Waals surface area (Å²) in [6, 6.07) is 11.1. The van der Waals surface area contributed by atoms with Crippen molar-refractivity contribution < 1.29 is 19.1 Å². The van der Waals surface area contributed by atoms with Crippen molar-refractivity contribution in [2.45, 2.75) is 13.3 Å². The Bertz CT molecular complexity index is 950. The molecule has 3 rings (SSSR count). The summed E-state index contributed by atoms with van der Waals surface area (Å²) in [7, 11) is 0. The number of anilines is 1. The highest BCUT2D eigenvalue weighted by atomic mass is 79.9. The van der Waals surface area contributed by atoms with E-state index in [-0.39, 0.29) is 5.57 Å². The largest absolute Gasteiger partial charge is 0.491 e. The number of para-hydroxylation sites is 1. The van der Waals surface area contributed by atoms with E-state index in [4.69, 9.17) is 4.74 Å². The number of halogens is 2. The molecular formula is C20H16Br2N2O4. The lowest BCUT2D eigenvalue weighted by Gasteiger charge is -2.26. The Hall–Kier alpha value is -2.45. The predicted molar refractivity (Wildman–Crippen MR) is 113 cm³/mol. The Morgan fingerprint density at radius 3 is 2.32 bits per heavy atom. The van der Waals surface area contributed by atoms with Crippen LogP contribution in [0.5, 0.6) is 5.75 Å². The van der Waals surface area contributed by atoms with E-state index in [1.165, 1.54) is 6.08 Å². The minimum Gasteiger partial charge on any atom is -0.491 e. The molecule has 0 aliphatic carbocycles. The molecular weight excluding hydrogens is 492 g/mol. The molecule has 1 fully saturated rings. The van der Waals surface area contributed by atoms with Crippen molar-refractivity contribution in [2.75, 3.05) is 11.5 Å². The van der Waals surface area contributed by atoms with Gasteiger partial charge in [-0.2, -0.15) is 0 Å². The van der Waals surface area contributed by atoms with Crippen molar-refractivity contribution in [1.82, 2.24) is 5.32 Å². The van der Waals surface area contributed by atoms with Gasteiger partial charge in [-0.05, 0) is 74.2 Å². The van der Waals surface area contributed by atoms with Crippen LogP contribution in [-0.2, 0) is 9.59 Å². The van der Waals surface area contributed by atoms with Crippen LogP contribution in [0.3, 0.4) is 0 Å². The maximum Gasteiger partial charge on any atom is 0.335 e. The molecule has 0 aromatic heterocycles. The van der Waals surface area contributed by atoms with E-state index >= 15 is 0 Å². The van der Waals surface area contributed by atoms with Gasteiger partial charge < -0.3 is 4.74 Å². The fourth-order valence-electron chi connectivity index (χ4n) is 2.64. The molecule has 4 amide bonds. The number of ether oxygens (including phenoxy) is 1. The Labute approximate surface area is 178 Å². The van der Waals surface area contributed by atoms with Gasteiger partial charge in [-0.25, -0.2) is 9.69 Å². The molecule has 0 spiro atoms. The molecule has 8 heteroatoms. The minimum atomic E-state index is -0.774. The molecule has 0 radical (unpaired) electrons. The summed E-state index contributed by atoms with van der Waals surface area (Å²) in [6.45, 7) is 2.57. The molecule has 1 aliphatic heterocycles. The van der Waals surface area contributed by atoms with Crippen molar-refractivity contribution >= 4 is 61.5 Å². The first-order valence-corrected chi connectivity index (χ1v) is 10.1. The summed E-state index contributed by atoms with van der Waals surface area (Å²) in [5.74, 6) is -0.774. The van der Waals surface area contributed by atoms with E-state index in [0.29, 0.717) is 32.6 Å². The fourth-order valence-corrected chi connectivity index (χ4v) is 4.09. The average molecular weight is 508 g/mol. The number of rotatable bonds is 5. The first-order valence-electron chi connectivity index (χ1n) is 8.50. The van der Waals surface area contributed by atoms with E-state index in [1.54, 1.807) is 42.5 Å². The summed E-state index contributed by atoms with van der Waals surface area (Å²) in [5.41, 5.74) is 0.849. The Morgan fingerprint density at radius 1 is 1.07 bits per heavy atom. The Balaban J connectivity index is 1.97. The van der Waals surface area contributed by atoms with Gasteiger partial charge in [0.25, 0.3) is 11.8 Å². The monoisotopic (exact) mass is 506 g/mol. The lowest BCUT2D eigenvalue weighted by atomic mass is 10.1. The summed E-state index contributed by atoms with van der Waals surface area (Å²) >= 11 is 6.89. The van der Waals surface area contributed by atoms with Crippen LogP contribution in [-0.4, -0.2) is 24.5 Å². The van der Waals surface area contributed by atoms with Gasteiger partial charge in [0.1, 0.15) is 11.3 Å². The van der Waals surface area contributed by atoms with Crippen LogP contribution in [0.1, 0.15) is 18.9 Å². The van der Waals surface area contributed by atoms with Gasteiger partial charge in [-0.1, -0.05) is 25.1 Å². The highest BCUT2D eigenvalue weighted by Gasteiger charge is 2.36. The van der Waals surface area contributed by atoms with Crippen molar-refractivity contribution in [3.63, 3.8) is 0 Å². The molecule has 144 valence electrons. The number of barbiturate groups is 1. The highest BCUT2D eigenvalue weighted by Crippen LogP contribution is 2.35. The topological polar surface area (TPSA) is 75.7 Å². The molecule has 0 atom stereocenters. The van der Waals surface area contributed by atoms with Crippen LogP contribution < -0.4 is 15.0 Å².